The molecule has 84 valence electrons. The lowest BCUT2D eigenvalue weighted by atomic mass is 10.4. The first-order valence-electron chi connectivity index (χ1n) is 4.73. The van der Waals surface area contributed by atoms with Crippen molar-refractivity contribution in [2.45, 2.75) is 6.92 Å². The molecule has 0 bridgehead atoms. The Morgan fingerprint density at radius 1 is 1.62 bits per heavy atom. The smallest absolute Gasteiger partial charge is 0.360 e. The lowest BCUT2D eigenvalue weighted by molar-refractivity contribution is 0.0521. The van der Waals surface area contributed by atoms with Gasteiger partial charge in [-0.15, -0.1) is 0 Å². The number of hydrogen-bond donors (Lipinski definition) is 2. The molecule has 16 heavy (non-hydrogen) atoms. The summed E-state index contributed by atoms with van der Waals surface area (Å²) in [5.41, 5.74) is 5.86. The van der Waals surface area contributed by atoms with E-state index in [2.05, 4.69) is 15.0 Å². The van der Waals surface area contributed by atoms with Gasteiger partial charge in [-0.25, -0.2) is 14.8 Å². The molecule has 0 spiro atoms. The zero-order valence-electron chi connectivity index (χ0n) is 8.67. The van der Waals surface area contributed by atoms with Crippen LogP contribution < -0.4 is 5.73 Å². The third-order valence-electron chi connectivity index (χ3n) is 1.99. The number of hydrogen-bond acceptors (Lipinski definition) is 5. The van der Waals surface area contributed by atoms with E-state index in [1.165, 1.54) is 10.9 Å². The summed E-state index contributed by atoms with van der Waals surface area (Å²) in [6, 6.07) is 0. The van der Waals surface area contributed by atoms with Crippen LogP contribution in [0.2, 0.25) is 0 Å². The summed E-state index contributed by atoms with van der Waals surface area (Å²) in [6.45, 7) is 2.00. The number of esters is 1. The van der Waals surface area contributed by atoms with E-state index in [1.54, 1.807) is 19.3 Å². The predicted octanol–water partition coefficient (Wildman–Crippen LogP) is 0.354. The Bertz CT molecular complexity index is 488. The molecule has 0 atom stereocenters. The van der Waals surface area contributed by atoms with Crippen LogP contribution in [0, 0.1) is 0 Å². The number of ether oxygens (including phenoxy) is 1. The van der Waals surface area contributed by atoms with Gasteiger partial charge in [0.1, 0.15) is 12.1 Å². The van der Waals surface area contributed by atoms with Gasteiger partial charge < -0.3 is 15.5 Å². The SMILES string of the molecule is CCOC(=O)c1ncn(-c2ncc[nH]2)c1N. The number of nitrogens with zero attached hydrogens (tertiary/aromatic N) is 3. The first kappa shape index (κ1) is 10.2. The van der Waals surface area contributed by atoms with E-state index < -0.39 is 5.97 Å². The van der Waals surface area contributed by atoms with Crippen molar-refractivity contribution in [3.05, 3.63) is 24.4 Å². The minimum Gasteiger partial charge on any atom is -0.461 e. The number of carbonyl (C=O) groups excluding carboxylic acids is 1. The molecule has 2 rings (SSSR count). The van der Waals surface area contributed by atoms with E-state index in [1.807, 2.05) is 0 Å². The van der Waals surface area contributed by atoms with Crippen molar-refractivity contribution in [2.75, 3.05) is 12.3 Å². The second-order valence-corrected chi connectivity index (χ2v) is 2.98. The Labute approximate surface area is 91.3 Å². The summed E-state index contributed by atoms with van der Waals surface area (Å²) in [5, 5.41) is 0. The molecule has 0 aliphatic rings. The summed E-state index contributed by atoms with van der Waals surface area (Å²) >= 11 is 0. The van der Waals surface area contributed by atoms with Gasteiger partial charge in [0, 0.05) is 12.4 Å². The monoisotopic (exact) mass is 221 g/mol. The Kier molecular flexibility index (Phi) is 2.59. The van der Waals surface area contributed by atoms with E-state index in [0.717, 1.165) is 0 Å². The number of rotatable bonds is 3. The molecule has 3 N–H and O–H groups in total. The maximum absolute atomic E-state index is 11.4. The lowest BCUT2D eigenvalue weighted by Crippen LogP contribution is -2.09. The van der Waals surface area contributed by atoms with Crippen LogP contribution in [0.4, 0.5) is 5.82 Å². The van der Waals surface area contributed by atoms with E-state index in [0.29, 0.717) is 5.95 Å². The quantitative estimate of drug-likeness (QED) is 0.729. The first-order valence-corrected chi connectivity index (χ1v) is 4.73. The minimum absolute atomic E-state index is 0.0956. The molecule has 2 heterocycles. The maximum atomic E-state index is 11.4. The largest absolute Gasteiger partial charge is 0.461 e. The zero-order valence-corrected chi connectivity index (χ0v) is 8.67. The van der Waals surface area contributed by atoms with Gasteiger partial charge in [-0.05, 0) is 6.92 Å². The highest BCUT2D eigenvalue weighted by Gasteiger charge is 2.18. The van der Waals surface area contributed by atoms with Crippen molar-refractivity contribution < 1.29 is 9.53 Å². The average Bonchev–Trinajstić information content (AvgIpc) is 2.86. The number of nitrogens with one attached hydrogen (secondary N) is 1. The van der Waals surface area contributed by atoms with Crippen LogP contribution in [-0.2, 0) is 4.74 Å². The van der Waals surface area contributed by atoms with Gasteiger partial charge in [-0.2, -0.15) is 0 Å². The van der Waals surface area contributed by atoms with Gasteiger partial charge in [0.05, 0.1) is 6.61 Å². The Hall–Kier alpha value is -2.31. The predicted molar refractivity (Wildman–Crippen MR) is 56.1 cm³/mol. The van der Waals surface area contributed by atoms with E-state index in [9.17, 15) is 4.79 Å². The number of aromatic nitrogens is 4. The normalized spacial score (nSPS) is 10.3. The molecule has 2 aromatic heterocycles. The van der Waals surface area contributed by atoms with E-state index in [-0.39, 0.29) is 18.1 Å². The molecule has 0 aliphatic carbocycles. The topological polar surface area (TPSA) is 98.8 Å². The molecule has 7 heteroatoms. The fraction of sp³-hybridized carbons (Fsp3) is 0.222. The van der Waals surface area contributed by atoms with Crippen LogP contribution in [0.5, 0.6) is 0 Å². The highest BCUT2D eigenvalue weighted by atomic mass is 16.5. The van der Waals surface area contributed by atoms with Crippen LogP contribution >= 0.6 is 0 Å². The van der Waals surface area contributed by atoms with Crippen LogP contribution in [0.1, 0.15) is 17.4 Å². The van der Waals surface area contributed by atoms with Gasteiger partial charge in [-0.1, -0.05) is 0 Å². The molecule has 0 aliphatic heterocycles. The van der Waals surface area contributed by atoms with Crippen molar-refractivity contribution >= 4 is 11.8 Å². The maximum Gasteiger partial charge on any atom is 0.360 e. The summed E-state index contributed by atoms with van der Waals surface area (Å²) < 4.78 is 6.29. The molecule has 0 saturated carbocycles. The standard InChI is InChI=1S/C9H11N5O2/c1-2-16-8(15)6-7(10)14(5-13-6)9-11-3-4-12-9/h3-5H,2,10H2,1H3,(H,11,12). The number of H-pyrrole nitrogens is 1. The van der Waals surface area contributed by atoms with Crippen LogP contribution in [0.25, 0.3) is 5.95 Å². The van der Waals surface area contributed by atoms with Gasteiger partial charge in [0.15, 0.2) is 5.69 Å². The number of nitrogens with two attached hydrogens (primary N) is 1. The fourth-order valence-electron chi connectivity index (χ4n) is 1.27. The van der Waals surface area contributed by atoms with E-state index in [4.69, 9.17) is 10.5 Å². The Morgan fingerprint density at radius 2 is 2.44 bits per heavy atom. The highest BCUT2D eigenvalue weighted by Crippen LogP contribution is 2.14. The van der Waals surface area contributed by atoms with E-state index >= 15 is 0 Å². The van der Waals surface area contributed by atoms with Gasteiger partial charge in [0.2, 0.25) is 5.95 Å². The Balaban J connectivity index is 2.35. The van der Waals surface area contributed by atoms with Crippen molar-refractivity contribution in [3.8, 4) is 5.95 Å². The minimum atomic E-state index is -0.537. The molecular formula is C9H11N5O2. The molecule has 0 fully saturated rings. The van der Waals surface area contributed by atoms with Crippen molar-refractivity contribution in [1.29, 1.82) is 0 Å². The Morgan fingerprint density at radius 3 is 3.06 bits per heavy atom. The lowest BCUT2D eigenvalue weighted by Gasteiger charge is -2.01. The number of nitrogen functional groups attached to an aromatic ring is 1. The van der Waals surface area contributed by atoms with Crippen molar-refractivity contribution in [3.63, 3.8) is 0 Å². The fourth-order valence-corrected chi connectivity index (χ4v) is 1.27. The molecular weight excluding hydrogens is 210 g/mol. The van der Waals surface area contributed by atoms with Gasteiger partial charge in [0.25, 0.3) is 0 Å². The molecule has 2 aromatic rings. The molecule has 0 amide bonds. The zero-order chi connectivity index (χ0) is 11.5. The summed E-state index contributed by atoms with van der Waals surface area (Å²) in [5.74, 6) is 0.166. The van der Waals surface area contributed by atoms with Crippen LogP contribution in [0.15, 0.2) is 18.7 Å². The number of anilines is 1. The second kappa shape index (κ2) is 4.05. The van der Waals surface area contributed by atoms with Crippen LogP contribution in [-0.4, -0.2) is 32.1 Å². The molecule has 0 radical (unpaired) electrons. The third-order valence-corrected chi connectivity index (χ3v) is 1.99. The highest BCUT2D eigenvalue weighted by molar-refractivity contribution is 5.92. The number of imidazole rings is 2. The average molecular weight is 221 g/mol. The summed E-state index contributed by atoms with van der Waals surface area (Å²) in [6.07, 6.45) is 4.65. The molecule has 0 saturated heterocycles. The van der Waals surface area contributed by atoms with Crippen LogP contribution in [0.3, 0.4) is 0 Å². The van der Waals surface area contributed by atoms with Gasteiger partial charge in [-0.3, -0.25) is 4.57 Å². The second-order valence-electron chi connectivity index (χ2n) is 2.98. The van der Waals surface area contributed by atoms with Crippen molar-refractivity contribution in [1.82, 2.24) is 19.5 Å². The summed E-state index contributed by atoms with van der Waals surface area (Å²) in [7, 11) is 0. The number of carbonyl (C=O) groups is 1. The number of aromatic amines is 1. The molecule has 7 nitrogen and oxygen atoms in total. The summed E-state index contributed by atoms with van der Waals surface area (Å²) in [4.78, 5) is 22.2. The first-order chi connectivity index (χ1) is 7.74. The van der Waals surface area contributed by atoms with Crippen molar-refractivity contribution in [2.24, 2.45) is 0 Å². The molecule has 0 aromatic carbocycles. The third kappa shape index (κ3) is 1.62. The van der Waals surface area contributed by atoms with Gasteiger partial charge >= 0.3 is 5.97 Å². The molecule has 0 unspecified atom stereocenters.